The van der Waals surface area contributed by atoms with Crippen molar-refractivity contribution in [1.29, 1.82) is 0 Å². The summed E-state index contributed by atoms with van der Waals surface area (Å²) in [6.45, 7) is 2.05. The van der Waals surface area contributed by atoms with Gasteiger partial charge in [-0.25, -0.2) is 0 Å². The van der Waals surface area contributed by atoms with E-state index >= 15 is 0 Å². The largest absolute Gasteiger partial charge is 0.497 e. The van der Waals surface area contributed by atoms with Gasteiger partial charge < -0.3 is 14.5 Å². The highest BCUT2D eigenvalue weighted by molar-refractivity contribution is 6.24. The van der Waals surface area contributed by atoms with Crippen molar-refractivity contribution in [2.75, 3.05) is 7.11 Å². The maximum absolute atomic E-state index is 13.1. The van der Waals surface area contributed by atoms with Crippen LogP contribution >= 0.6 is 0 Å². The van der Waals surface area contributed by atoms with E-state index in [0.717, 1.165) is 23.3 Å². The Morgan fingerprint density at radius 3 is 2.41 bits per heavy atom. The third-order valence-corrected chi connectivity index (χ3v) is 4.39. The van der Waals surface area contributed by atoms with Crippen molar-refractivity contribution >= 4 is 17.6 Å². The van der Waals surface area contributed by atoms with Gasteiger partial charge in [-0.1, -0.05) is 49.4 Å². The molecule has 1 atom stereocenters. The van der Waals surface area contributed by atoms with Crippen molar-refractivity contribution in [2.24, 2.45) is 0 Å². The first kappa shape index (κ1) is 18.5. The van der Waals surface area contributed by atoms with Crippen LogP contribution in [0, 0.1) is 0 Å². The van der Waals surface area contributed by atoms with Gasteiger partial charge in [-0.3, -0.25) is 4.79 Å². The third-order valence-electron chi connectivity index (χ3n) is 4.39. The van der Waals surface area contributed by atoms with Crippen molar-refractivity contribution in [3.63, 3.8) is 0 Å². The van der Waals surface area contributed by atoms with E-state index in [9.17, 15) is 4.79 Å². The number of nitrogens with one attached hydrogen (secondary N) is 1. The lowest BCUT2D eigenvalue weighted by Crippen LogP contribution is -2.28. The molecule has 2 aromatic carbocycles. The van der Waals surface area contributed by atoms with E-state index in [0.29, 0.717) is 11.3 Å². The zero-order valence-electron chi connectivity index (χ0n) is 15.5. The zero-order valence-corrected chi connectivity index (χ0v) is 15.5. The van der Waals surface area contributed by atoms with Crippen molar-refractivity contribution in [1.82, 2.24) is 5.32 Å². The van der Waals surface area contributed by atoms with Gasteiger partial charge in [0, 0.05) is 0 Å². The molecule has 0 radical (unpaired) electrons. The fourth-order valence-electron chi connectivity index (χ4n) is 2.91. The van der Waals surface area contributed by atoms with Crippen LogP contribution in [-0.4, -0.2) is 13.0 Å². The van der Waals surface area contributed by atoms with Gasteiger partial charge in [-0.05, 0) is 47.9 Å². The van der Waals surface area contributed by atoms with Crippen LogP contribution in [0.15, 0.2) is 77.4 Å². The van der Waals surface area contributed by atoms with E-state index in [1.165, 1.54) is 0 Å². The number of rotatable bonds is 7. The van der Waals surface area contributed by atoms with E-state index in [1.54, 1.807) is 25.5 Å². The van der Waals surface area contributed by atoms with Gasteiger partial charge in [0.15, 0.2) is 0 Å². The topological polar surface area (TPSA) is 51.5 Å². The summed E-state index contributed by atoms with van der Waals surface area (Å²) in [5.41, 5.74) is 2.45. The summed E-state index contributed by atoms with van der Waals surface area (Å²) in [6.07, 6.45) is 4.14. The molecule has 0 aliphatic heterocycles. The SMILES string of the molecule is CCC(NC(=O)/C(=C/c1ccco1)c1ccccc1)c1ccc(OC)cc1. The molecule has 0 spiro atoms. The van der Waals surface area contributed by atoms with E-state index in [1.807, 2.05) is 67.6 Å². The fourth-order valence-corrected chi connectivity index (χ4v) is 2.91. The highest BCUT2D eigenvalue weighted by Crippen LogP contribution is 2.23. The second kappa shape index (κ2) is 8.90. The molecule has 27 heavy (non-hydrogen) atoms. The molecule has 1 aromatic heterocycles. The van der Waals surface area contributed by atoms with Gasteiger partial charge in [0.05, 0.1) is 25.0 Å². The second-order valence-electron chi connectivity index (χ2n) is 6.15. The Morgan fingerprint density at radius 2 is 1.81 bits per heavy atom. The number of ether oxygens (including phenoxy) is 1. The quantitative estimate of drug-likeness (QED) is 0.596. The standard InChI is InChI=1S/C23H23NO3/c1-3-22(18-11-13-19(26-2)14-12-18)24-23(25)21(16-20-10-7-15-27-20)17-8-5-4-6-9-17/h4-16,22H,3H2,1-2H3,(H,24,25)/b21-16+. The van der Waals surface area contributed by atoms with Crippen LogP contribution in [0.5, 0.6) is 5.75 Å². The van der Waals surface area contributed by atoms with Crippen LogP contribution in [0.1, 0.15) is 36.3 Å². The summed E-state index contributed by atoms with van der Waals surface area (Å²) in [5.74, 6) is 1.30. The summed E-state index contributed by atoms with van der Waals surface area (Å²) >= 11 is 0. The monoisotopic (exact) mass is 361 g/mol. The maximum Gasteiger partial charge on any atom is 0.252 e. The zero-order chi connectivity index (χ0) is 19.1. The normalized spacial score (nSPS) is 12.4. The Labute approximate surface area is 159 Å². The van der Waals surface area contributed by atoms with Gasteiger partial charge in [0.2, 0.25) is 0 Å². The van der Waals surface area contributed by atoms with Crippen LogP contribution in [0.4, 0.5) is 0 Å². The Morgan fingerprint density at radius 1 is 1.07 bits per heavy atom. The Bertz CT molecular complexity index is 881. The van der Waals surface area contributed by atoms with Crippen LogP contribution in [0.25, 0.3) is 11.6 Å². The minimum absolute atomic E-state index is 0.0906. The first-order chi connectivity index (χ1) is 13.2. The van der Waals surface area contributed by atoms with E-state index in [2.05, 4.69) is 5.32 Å². The van der Waals surface area contributed by atoms with Crippen LogP contribution in [0.2, 0.25) is 0 Å². The molecule has 0 aliphatic rings. The number of benzene rings is 2. The molecule has 3 rings (SSSR count). The summed E-state index contributed by atoms with van der Waals surface area (Å²) in [4.78, 5) is 13.1. The smallest absolute Gasteiger partial charge is 0.252 e. The highest BCUT2D eigenvalue weighted by Gasteiger charge is 2.18. The number of methoxy groups -OCH3 is 1. The summed E-state index contributed by atoms with van der Waals surface area (Å²) in [6, 6.07) is 20.9. The lowest BCUT2D eigenvalue weighted by atomic mass is 10.0. The fraction of sp³-hybridized carbons (Fsp3) is 0.174. The molecule has 1 heterocycles. The summed E-state index contributed by atoms with van der Waals surface area (Å²) in [5, 5.41) is 3.14. The van der Waals surface area contributed by atoms with Crippen LogP contribution in [-0.2, 0) is 4.79 Å². The first-order valence-electron chi connectivity index (χ1n) is 8.96. The third kappa shape index (κ3) is 4.67. The Kier molecular flexibility index (Phi) is 6.10. The average molecular weight is 361 g/mol. The van der Waals surface area contributed by atoms with Gasteiger partial charge in [0.1, 0.15) is 11.5 Å². The van der Waals surface area contributed by atoms with Crippen molar-refractivity contribution in [2.45, 2.75) is 19.4 Å². The van der Waals surface area contributed by atoms with Crippen molar-refractivity contribution in [3.05, 3.63) is 89.9 Å². The van der Waals surface area contributed by atoms with Gasteiger partial charge in [0.25, 0.3) is 5.91 Å². The van der Waals surface area contributed by atoms with Crippen molar-refractivity contribution < 1.29 is 13.9 Å². The van der Waals surface area contributed by atoms with Gasteiger partial charge in [-0.15, -0.1) is 0 Å². The molecule has 138 valence electrons. The molecule has 1 amide bonds. The number of carbonyl (C=O) groups excluding carboxylic acids is 1. The minimum atomic E-state index is -0.139. The highest BCUT2D eigenvalue weighted by atomic mass is 16.5. The molecular weight excluding hydrogens is 338 g/mol. The lowest BCUT2D eigenvalue weighted by Gasteiger charge is -2.19. The number of furan rings is 1. The molecule has 1 unspecified atom stereocenters. The van der Waals surface area contributed by atoms with Gasteiger partial charge in [-0.2, -0.15) is 0 Å². The molecule has 4 nitrogen and oxygen atoms in total. The lowest BCUT2D eigenvalue weighted by molar-refractivity contribution is -0.116. The summed E-state index contributed by atoms with van der Waals surface area (Å²) < 4.78 is 10.6. The van der Waals surface area contributed by atoms with Crippen molar-refractivity contribution in [3.8, 4) is 5.75 Å². The molecular formula is C23H23NO3. The molecule has 0 fully saturated rings. The maximum atomic E-state index is 13.1. The van der Waals surface area contributed by atoms with E-state index in [4.69, 9.17) is 9.15 Å². The van der Waals surface area contributed by atoms with E-state index < -0.39 is 0 Å². The number of hydrogen-bond acceptors (Lipinski definition) is 3. The summed E-state index contributed by atoms with van der Waals surface area (Å²) in [7, 11) is 1.64. The molecule has 0 bridgehead atoms. The average Bonchev–Trinajstić information content (AvgIpc) is 3.24. The molecule has 0 saturated heterocycles. The molecule has 4 heteroatoms. The molecule has 3 aromatic rings. The number of carbonyl (C=O) groups is 1. The Balaban J connectivity index is 1.86. The second-order valence-corrected chi connectivity index (χ2v) is 6.15. The first-order valence-corrected chi connectivity index (χ1v) is 8.96. The Hall–Kier alpha value is -3.27. The van der Waals surface area contributed by atoms with Crippen LogP contribution < -0.4 is 10.1 Å². The minimum Gasteiger partial charge on any atom is -0.497 e. The molecule has 0 saturated carbocycles. The van der Waals surface area contributed by atoms with Crippen LogP contribution in [0.3, 0.4) is 0 Å². The molecule has 0 aliphatic carbocycles. The number of hydrogen-bond donors (Lipinski definition) is 1. The molecule has 1 N–H and O–H groups in total. The van der Waals surface area contributed by atoms with Gasteiger partial charge >= 0.3 is 0 Å². The predicted molar refractivity (Wildman–Crippen MR) is 107 cm³/mol. The van der Waals surface area contributed by atoms with E-state index in [-0.39, 0.29) is 11.9 Å². The number of amides is 1. The predicted octanol–water partition coefficient (Wildman–Crippen LogP) is 5.10.